The van der Waals surface area contributed by atoms with Gasteiger partial charge in [-0.1, -0.05) is 19.9 Å². The molecule has 0 saturated heterocycles. The summed E-state index contributed by atoms with van der Waals surface area (Å²) in [5.74, 6) is 0. The second-order valence-corrected chi connectivity index (χ2v) is 6.09. The fourth-order valence-corrected chi connectivity index (χ4v) is 2.63. The summed E-state index contributed by atoms with van der Waals surface area (Å²) < 4.78 is 39.3. The van der Waals surface area contributed by atoms with Crippen LogP contribution in [0.25, 0.3) is 0 Å². The molecule has 0 aliphatic rings. The molecule has 0 fully saturated rings. The van der Waals surface area contributed by atoms with E-state index < -0.39 is 17.8 Å². The van der Waals surface area contributed by atoms with Crippen molar-refractivity contribution >= 4 is 11.8 Å². The Hall–Kier alpha value is -0.720. The van der Waals surface area contributed by atoms with E-state index in [1.54, 1.807) is 19.9 Å². The van der Waals surface area contributed by atoms with Crippen molar-refractivity contribution in [3.8, 4) is 0 Å². The minimum Gasteiger partial charge on any atom is -0.392 e. The third-order valence-electron chi connectivity index (χ3n) is 2.92. The van der Waals surface area contributed by atoms with Crippen LogP contribution >= 0.6 is 11.8 Å². The molecule has 2 nitrogen and oxygen atoms in total. The van der Waals surface area contributed by atoms with Gasteiger partial charge < -0.3 is 10.4 Å². The number of aliphatic hydroxyl groups is 1. The van der Waals surface area contributed by atoms with Crippen LogP contribution in [-0.2, 0) is 12.7 Å². The predicted molar refractivity (Wildman–Crippen MR) is 75.8 cm³/mol. The van der Waals surface area contributed by atoms with Crippen molar-refractivity contribution in [2.45, 2.75) is 49.7 Å². The maximum atomic E-state index is 13.1. The Bertz CT molecular complexity index is 435. The highest BCUT2D eigenvalue weighted by molar-refractivity contribution is 8.00. The van der Waals surface area contributed by atoms with Crippen molar-refractivity contribution in [1.29, 1.82) is 0 Å². The van der Waals surface area contributed by atoms with Crippen molar-refractivity contribution in [1.82, 2.24) is 5.32 Å². The number of alkyl halides is 3. The average Bonchev–Trinajstić information content (AvgIpc) is 2.36. The van der Waals surface area contributed by atoms with Crippen molar-refractivity contribution in [2.24, 2.45) is 0 Å². The third-order valence-corrected chi connectivity index (χ3v) is 4.30. The van der Waals surface area contributed by atoms with Gasteiger partial charge in [-0.05, 0) is 31.2 Å². The number of nitrogens with one attached hydrogen (secondary N) is 1. The van der Waals surface area contributed by atoms with Gasteiger partial charge in [0.25, 0.3) is 0 Å². The second kappa shape index (κ2) is 7.33. The van der Waals surface area contributed by atoms with Crippen LogP contribution in [0.2, 0.25) is 0 Å². The minimum atomic E-state index is -4.39. The van der Waals surface area contributed by atoms with Crippen LogP contribution in [0.1, 0.15) is 31.9 Å². The third kappa shape index (κ3) is 5.00. The Morgan fingerprint density at radius 3 is 2.45 bits per heavy atom. The standard InChI is InChI=1S/C14H20F3NOS/c1-4-18-8-11-5-6-13(20-10(3)9(2)19)12(7-11)14(15,16)17/h5-7,9-10,18-19H,4,8H2,1-3H3. The highest BCUT2D eigenvalue weighted by Crippen LogP contribution is 2.39. The SMILES string of the molecule is CCNCc1ccc(SC(C)C(C)O)c(C(F)(F)F)c1. The second-order valence-electron chi connectivity index (χ2n) is 4.67. The number of thioether (sulfide) groups is 1. The molecule has 0 radical (unpaired) electrons. The summed E-state index contributed by atoms with van der Waals surface area (Å²) in [5, 5.41) is 12.1. The van der Waals surface area contributed by atoms with Crippen LogP contribution in [0, 0.1) is 0 Å². The molecule has 2 unspecified atom stereocenters. The monoisotopic (exact) mass is 307 g/mol. The molecule has 2 N–H and O–H groups in total. The molecule has 0 heterocycles. The van der Waals surface area contributed by atoms with Crippen molar-refractivity contribution in [3.05, 3.63) is 29.3 Å². The van der Waals surface area contributed by atoms with Gasteiger partial charge in [0.15, 0.2) is 0 Å². The summed E-state index contributed by atoms with van der Waals surface area (Å²) in [6.07, 6.45) is -5.05. The van der Waals surface area contributed by atoms with Gasteiger partial charge in [0.05, 0.1) is 11.7 Å². The van der Waals surface area contributed by atoms with Gasteiger partial charge in [-0.15, -0.1) is 11.8 Å². The topological polar surface area (TPSA) is 32.3 Å². The van der Waals surface area contributed by atoms with Crippen molar-refractivity contribution < 1.29 is 18.3 Å². The first-order valence-corrected chi connectivity index (χ1v) is 7.39. The fraction of sp³-hybridized carbons (Fsp3) is 0.571. The molecule has 1 rings (SSSR count). The zero-order valence-corrected chi connectivity index (χ0v) is 12.6. The zero-order chi connectivity index (χ0) is 15.3. The van der Waals surface area contributed by atoms with E-state index in [1.165, 1.54) is 12.1 Å². The molecular formula is C14H20F3NOS. The maximum absolute atomic E-state index is 13.1. The minimum absolute atomic E-state index is 0.158. The average molecular weight is 307 g/mol. The number of aliphatic hydroxyl groups excluding tert-OH is 1. The van der Waals surface area contributed by atoms with E-state index in [4.69, 9.17) is 0 Å². The normalized spacial score (nSPS) is 15.2. The summed E-state index contributed by atoms with van der Waals surface area (Å²) in [5.41, 5.74) is -0.0290. The fourth-order valence-electron chi connectivity index (χ4n) is 1.58. The summed E-state index contributed by atoms with van der Waals surface area (Å²) in [7, 11) is 0. The molecule has 0 spiro atoms. The first kappa shape index (κ1) is 17.3. The van der Waals surface area contributed by atoms with E-state index >= 15 is 0 Å². The van der Waals surface area contributed by atoms with Gasteiger partial charge in [-0.2, -0.15) is 13.2 Å². The molecule has 1 aromatic rings. The first-order chi connectivity index (χ1) is 9.25. The Kier molecular flexibility index (Phi) is 6.36. The van der Waals surface area contributed by atoms with E-state index in [-0.39, 0.29) is 10.1 Å². The quantitative estimate of drug-likeness (QED) is 0.786. The van der Waals surface area contributed by atoms with Gasteiger partial charge in [0.2, 0.25) is 0 Å². The van der Waals surface area contributed by atoms with E-state index in [1.807, 2.05) is 6.92 Å². The molecule has 0 aromatic heterocycles. The zero-order valence-electron chi connectivity index (χ0n) is 11.8. The van der Waals surface area contributed by atoms with Crippen molar-refractivity contribution in [2.75, 3.05) is 6.54 Å². The lowest BCUT2D eigenvalue weighted by Crippen LogP contribution is -2.17. The maximum Gasteiger partial charge on any atom is 0.417 e. The summed E-state index contributed by atoms with van der Waals surface area (Å²) >= 11 is 1.05. The number of rotatable bonds is 6. The molecule has 6 heteroatoms. The van der Waals surface area contributed by atoms with Crippen molar-refractivity contribution in [3.63, 3.8) is 0 Å². The predicted octanol–water partition coefficient (Wildman–Crippen LogP) is 3.68. The Labute approximate surface area is 121 Å². The molecule has 20 heavy (non-hydrogen) atoms. The lowest BCUT2D eigenvalue weighted by Gasteiger charge is -2.19. The lowest BCUT2D eigenvalue weighted by molar-refractivity contribution is -0.139. The Balaban J connectivity index is 3.04. The molecule has 1 aromatic carbocycles. The van der Waals surface area contributed by atoms with Gasteiger partial charge in [0.1, 0.15) is 0 Å². The molecule has 2 atom stereocenters. The number of hydrogen-bond donors (Lipinski definition) is 2. The largest absolute Gasteiger partial charge is 0.417 e. The van der Waals surface area contributed by atoms with Gasteiger partial charge in [-0.25, -0.2) is 0 Å². The molecule has 0 amide bonds. The van der Waals surface area contributed by atoms with Crippen LogP contribution in [0.15, 0.2) is 23.1 Å². The van der Waals surface area contributed by atoms with E-state index in [0.29, 0.717) is 18.7 Å². The van der Waals surface area contributed by atoms with Gasteiger partial charge in [0, 0.05) is 16.7 Å². The number of halogens is 3. The Morgan fingerprint density at radius 2 is 1.95 bits per heavy atom. The van der Waals surface area contributed by atoms with E-state index in [2.05, 4.69) is 5.32 Å². The smallest absolute Gasteiger partial charge is 0.392 e. The van der Waals surface area contributed by atoms with Crippen LogP contribution < -0.4 is 5.32 Å². The van der Waals surface area contributed by atoms with Crippen LogP contribution in [0.3, 0.4) is 0 Å². The summed E-state index contributed by atoms with van der Waals surface area (Å²) in [6.45, 7) is 6.30. The first-order valence-electron chi connectivity index (χ1n) is 6.51. The lowest BCUT2D eigenvalue weighted by atomic mass is 10.1. The molecule has 0 bridgehead atoms. The van der Waals surface area contributed by atoms with Crippen LogP contribution in [0.4, 0.5) is 13.2 Å². The number of benzene rings is 1. The van der Waals surface area contributed by atoms with Crippen LogP contribution in [-0.4, -0.2) is 23.0 Å². The highest BCUT2D eigenvalue weighted by Gasteiger charge is 2.34. The summed E-state index contributed by atoms with van der Waals surface area (Å²) in [4.78, 5) is 0.158. The molecule has 0 aliphatic heterocycles. The molecular weight excluding hydrogens is 287 g/mol. The molecule has 0 saturated carbocycles. The van der Waals surface area contributed by atoms with E-state index in [0.717, 1.165) is 11.8 Å². The molecule has 114 valence electrons. The van der Waals surface area contributed by atoms with Gasteiger partial charge >= 0.3 is 6.18 Å². The number of hydrogen-bond acceptors (Lipinski definition) is 3. The van der Waals surface area contributed by atoms with E-state index in [9.17, 15) is 18.3 Å². The van der Waals surface area contributed by atoms with Crippen LogP contribution in [0.5, 0.6) is 0 Å². The summed E-state index contributed by atoms with van der Waals surface area (Å²) in [6, 6.07) is 4.35. The molecule has 0 aliphatic carbocycles. The Morgan fingerprint density at radius 1 is 1.30 bits per heavy atom. The highest BCUT2D eigenvalue weighted by atomic mass is 32.2. The van der Waals surface area contributed by atoms with Gasteiger partial charge in [-0.3, -0.25) is 0 Å².